The number of benzene rings is 1. The third kappa shape index (κ3) is 4.49. The maximum Gasteiger partial charge on any atom is 0.225 e. The third-order valence-electron chi connectivity index (χ3n) is 7.80. The van der Waals surface area contributed by atoms with Crippen LogP contribution in [0.4, 0.5) is 0 Å². The van der Waals surface area contributed by atoms with Gasteiger partial charge in [-0.1, -0.05) is 5.92 Å². The lowest BCUT2D eigenvalue weighted by molar-refractivity contribution is -0.143. The first-order chi connectivity index (χ1) is 15.3. The van der Waals surface area contributed by atoms with Crippen molar-refractivity contribution in [3.05, 3.63) is 34.4 Å². The van der Waals surface area contributed by atoms with Crippen molar-refractivity contribution in [1.82, 2.24) is 4.90 Å². The van der Waals surface area contributed by atoms with E-state index in [4.69, 9.17) is 4.74 Å². The van der Waals surface area contributed by atoms with Crippen LogP contribution in [-0.4, -0.2) is 54.1 Å². The van der Waals surface area contributed by atoms with Gasteiger partial charge in [-0.05, 0) is 87.1 Å². The van der Waals surface area contributed by atoms with Crippen molar-refractivity contribution < 1.29 is 19.4 Å². The molecule has 1 amide bonds. The molecule has 2 atom stereocenters. The number of aliphatic hydroxyl groups excluding tert-OH is 1. The van der Waals surface area contributed by atoms with Gasteiger partial charge in [-0.15, -0.1) is 5.92 Å². The molecule has 3 fully saturated rings. The molecule has 0 radical (unpaired) electrons. The minimum Gasteiger partial charge on any atom is -0.392 e. The van der Waals surface area contributed by atoms with E-state index < -0.39 is 12.0 Å². The molecule has 0 bridgehead atoms. The van der Waals surface area contributed by atoms with Gasteiger partial charge in [0, 0.05) is 44.2 Å². The lowest BCUT2D eigenvalue weighted by Crippen LogP contribution is -2.50. The molecule has 1 aromatic carbocycles. The van der Waals surface area contributed by atoms with Gasteiger partial charge in [-0.25, -0.2) is 0 Å². The van der Waals surface area contributed by atoms with E-state index in [9.17, 15) is 14.7 Å². The van der Waals surface area contributed by atoms with Crippen molar-refractivity contribution in [3.63, 3.8) is 0 Å². The maximum absolute atomic E-state index is 13.4. The Bertz CT molecular complexity index is 919. The van der Waals surface area contributed by atoms with Gasteiger partial charge >= 0.3 is 0 Å². The zero-order valence-electron chi connectivity index (χ0n) is 19.6. The van der Waals surface area contributed by atoms with Crippen LogP contribution in [0.15, 0.2) is 12.1 Å². The number of amides is 1. The Kier molecular flexibility index (Phi) is 6.74. The number of Topliss-reactive ketones (excluding diaryl/α,β-unsaturated/α-hetero) is 1. The molecule has 1 spiro atoms. The summed E-state index contributed by atoms with van der Waals surface area (Å²) >= 11 is 0. The van der Waals surface area contributed by atoms with Crippen molar-refractivity contribution in [1.29, 1.82) is 0 Å². The average molecular weight is 438 g/mol. The molecule has 2 unspecified atom stereocenters. The average Bonchev–Trinajstić information content (AvgIpc) is 2.76. The third-order valence-corrected chi connectivity index (χ3v) is 7.80. The topological polar surface area (TPSA) is 66.8 Å². The van der Waals surface area contributed by atoms with E-state index in [0.29, 0.717) is 39.1 Å². The highest BCUT2D eigenvalue weighted by Crippen LogP contribution is 2.48. The number of aliphatic hydroxyl groups is 1. The summed E-state index contributed by atoms with van der Waals surface area (Å²) in [5, 5.41) is 11.2. The first-order valence-corrected chi connectivity index (χ1v) is 11.9. The van der Waals surface area contributed by atoms with E-state index in [1.165, 1.54) is 0 Å². The summed E-state index contributed by atoms with van der Waals surface area (Å²) in [6.07, 6.45) is 3.62. The van der Waals surface area contributed by atoms with Crippen LogP contribution in [0, 0.1) is 37.0 Å². The fraction of sp³-hybridized carbons (Fsp3) is 0.630. The van der Waals surface area contributed by atoms with Crippen molar-refractivity contribution in [2.75, 3.05) is 26.3 Å². The number of hydrogen-bond donors (Lipinski definition) is 1. The first kappa shape index (κ1) is 23.0. The molecule has 4 rings (SSSR count). The van der Waals surface area contributed by atoms with Crippen molar-refractivity contribution in [3.8, 4) is 11.8 Å². The van der Waals surface area contributed by atoms with E-state index in [1.807, 2.05) is 37.8 Å². The molecular formula is C27H35NO4. The first-order valence-electron chi connectivity index (χ1n) is 11.9. The maximum atomic E-state index is 13.4. The van der Waals surface area contributed by atoms with Gasteiger partial charge in [0.05, 0.1) is 12.0 Å². The predicted octanol–water partition coefficient (Wildman–Crippen LogP) is 3.52. The standard InChI is InChI=1S/C27H35NO4/c1-4-5-20-14-18(2)24(19(3)15-20)25-22(29)16-27(17-23(25)30)8-10-28(11-9-27)26(31)21-6-12-32-13-7-21/h14-15,21-22,25,29H,6-13,16-17H2,1-3H3. The Morgan fingerprint density at radius 3 is 2.34 bits per heavy atom. The Labute approximate surface area is 191 Å². The molecular weight excluding hydrogens is 402 g/mol. The summed E-state index contributed by atoms with van der Waals surface area (Å²) in [4.78, 5) is 28.2. The Balaban J connectivity index is 1.45. The van der Waals surface area contributed by atoms with Gasteiger partial charge in [0.15, 0.2) is 0 Å². The quantitative estimate of drug-likeness (QED) is 0.719. The molecule has 32 heavy (non-hydrogen) atoms. The zero-order chi connectivity index (χ0) is 22.9. The van der Waals surface area contributed by atoms with Gasteiger partial charge in [-0.2, -0.15) is 0 Å². The van der Waals surface area contributed by atoms with Crippen LogP contribution < -0.4 is 0 Å². The lowest BCUT2D eigenvalue weighted by Gasteiger charge is -2.47. The second-order valence-electron chi connectivity index (χ2n) is 10.0. The highest BCUT2D eigenvalue weighted by atomic mass is 16.5. The van der Waals surface area contributed by atoms with Crippen LogP contribution >= 0.6 is 0 Å². The molecule has 1 aromatic rings. The number of carbonyl (C=O) groups excluding carboxylic acids is 2. The summed E-state index contributed by atoms with van der Waals surface area (Å²) in [5.41, 5.74) is 3.77. The molecule has 3 aliphatic rings. The van der Waals surface area contributed by atoms with Gasteiger partial charge in [0.2, 0.25) is 5.91 Å². The van der Waals surface area contributed by atoms with E-state index in [0.717, 1.165) is 47.9 Å². The summed E-state index contributed by atoms with van der Waals surface area (Å²) < 4.78 is 5.39. The molecule has 1 saturated carbocycles. The van der Waals surface area contributed by atoms with Crippen LogP contribution in [0.2, 0.25) is 0 Å². The second kappa shape index (κ2) is 9.37. The summed E-state index contributed by atoms with van der Waals surface area (Å²) in [5.74, 6) is 6.00. The SMILES string of the molecule is CC#Cc1cc(C)c(C2C(=O)CC3(CCN(C(=O)C4CCOCC4)CC3)CC2O)c(C)c1. The number of ether oxygens (including phenoxy) is 1. The molecule has 1 N–H and O–H groups in total. The van der Waals surface area contributed by atoms with Crippen LogP contribution in [0.5, 0.6) is 0 Å². The van der Waals surface area contributed by atoms with Crippen molar-refractivity contribution in [2.45, 2.75) is 71.3 Å². The summed E-state index contributed by atoms with van der Waals surface area (Å²) in [6, 6.07) is 4.03. The number of hydrogen-bond acceptors (Lipinski definition) is 4. The number of piperidine rings is 1. The fourth-order valence-electron chi connectivity index (χ4n) is 6.15. The number of carbonyl (C=O) groups is 2. The number of rotatable bonds is 2. The minimum absolute atomic E-state index is 0.0760. The Morgan fingerprint density at radius 1 is 1.16 bits per heavy atom. The largest absolute Gasteiger partial charge is 0.392 e. The number of ketones is 1. The lowest BCUT2D eigenvalue weighted by atomic mass is 9.62. The van der Waals surface area contributed by atoms with E-state index in [1.54, 1.807) is 0 Å². The molecule has 172 valence electrons. The van der Waals surface area contributed by atoms with Crippen LogP contribution in [0.1, 0.15) is 73.6 Å². The van der Waals surface area contributed by atoms with Gasteiger partial charge in [0.1, 0.15) is 5.78 Å². The van der Waals surface area contributed by atoms with Gasteiger partial charge in [0.25, 0.3) is 0 Å². The molecule has 0 aromatic heterocycles. The minimum atomic E-state index is -0.686. The predicted molar refractivity (Wildman–Crippen MR) is 123 cm³/mol. The summed E-state index contributed by atoms with van der Waals surface area (Å²) in [6.45, 7) is 8.53. The number of aryl methyl sites for hydroxylation is 2. The van der Waals surface area contributed by atoms with E-state index >= 15 is 0 Å². The molecule has 2 saturated heterocycles. The highest BCUT2D eigenvalue weighted by Gasteiger charge is 2.48. The second-order valence-corrected chi connectivity index (χ2v) is 10.0. The molecule has 2 aliphatic heterocycles. The van der Waals surface area contributed by atoms with Gasteiger partial charge in [-0.3, -0.25) is 9.59 Å². The fourth-order valence-corrected chi connectivity index (χ4v) is 6.15. The van der Waals surface area contributed by atoms with Crippen LogP contribution in [-0.2, 0) is 14.3 Å². The molecule has 1 aliphatic carbocycles. The Hall–Kier alpha value is -2.16. The van der Waals surface area contributed by atoms with Crippen molar-refractivity contribution >= 4 is 11.7 Å². The van der Waals surface area contributed by atoms with Crippen LogP contribution in [0.3, 0.4) is 0 Å². The normalized spacial score (nSPS) is 26.0. The van der Waals surface area contributed by atoms with E-state index in [-0.39, 0.29) is 23.0 Å². The number of nitrogens with zero attached hydrogens (tertiary/aromatic N) is 1. The van der Waals surface area contributed by atoms with Crippen molar-refractivity contribution in [2.24, 2.45) is 11.3 Å². The highest BCUT2D eigenvalue weighted by molar-refractivity contribution is 5.89. The summed E-state index contributed by atoms with van der Waals surface area (Å²) in [7, 11) is 0. The monoisotopic (exact) mass is 437 g/mol. The van der Waals surface area contributed by atoms with Crippen LogP contribution in [0.25, 0.3) is 0 Å². The Morgan fingerprint density at radius 2 is 1.78 bits per heavy atom. The smallest absolute Gasteiger partial charge is 0.225 e. The molecule has 2 heterocycles. The zero-order valence-corrected chi connectivity index (χ0v) is 19.6. The van der Waals surface area contributed by atoms with E-state index in [2.05, 4.69) is 11.8 Å². The number of likely N-dealkylation sites (tertiary alicyclic amines) is 1. The molecule has 5 heteroatoms. The molecule has 5 nitrogen and oxygen atoms in total. The van der Waals surface area contributed by atoms with Gasteiger partial charge < -0.3 is 14.7 Å².